The number of pyridine rings is 1. The van der Waals surface area contributed by atoms with E-state index in [2.05, 4.69) is 17.2 Å². The van der Waals surface area contributed by atoms with E-state index < -0.39 is 11.9 Å². The van der Waals surface area contributed by atoms with Gasteiger partial charge in [-0.3, -0.25) is 14.7 Å². The van der Waals surface area contributed by atoms with Gasteiger partial charge in [0.25, 0.3) is 0 Å². The number of amides is 1. The molecule has 1 amide bonds. The summed E-state index contributed by atoms with van der Waals surface area (Å²) in [5, 5.41) is 2.69. The number of hydrogen-bond donors (Lipinski definition) is 1. The molecule has 7 heteroatoms. The molecular weight excluding hydrogens is 283 g/mol. The Hall–Kier alpha value is -1.63. The highest BCUT2D eigenvalue weighted by Gasteiger charge is 2.33. The van der Waals surface area contributed by atoms with Crippen molar-refractivity contribution in [3.63, 3.8) is 0 Å². The monoisotopic (exact) mass is 301 g/mol. The van der Waals surface area contributed by atoms with Gasteiger partial charge in [-0.25, -0.2) is 0 Å². The first-order valence-corrected chi connectivity index (χ1v) is 6.77. The van der Waals surface area contributed by atoms with Crippen LogP contribution in [0.15, 0.2) is 18.3 Å². The predicted octanol–water partition coefficient (Wildman–Crippen LogP) is 2.06. The molecule has 0 bridgehead atoms. The molecule has 21 heavy (non-hydrogen) atoms. The lowest BCUT2D eigenvalue weighted by Crippen LogP contribution is -2.41. The molecule has 1 fully saturated rings. The van der Waals surface area contributed by atoms with Gasteiger partial charge in [-0.05, 0) is 37.1 Å². The number of aromatic nitrogens is 1. The Kier molecular flexibility index (Phi) is 4.51. The third-order valence-electron chi connectivity index (χ3n) is 3.64. The summed E-state index contributed by atoms with van der Waals surface area (Å²) in [5.74, 6) is 0.302. The number of nitrogens with one attached hydrogen (secondary N) is 1. The minimum Gasteiger partial charge on any atom is -0.351 e. The molecule has 0 radical (unpaired) electrons. The summed E-state index contributed by atoms with van der Waals surface area (Å²) in [6.45, 7) is 3.00. The number of carbonyl (C=O) groups excluding carboxylic acids is 1. The van der Waals surface area contributed by atoms with E-state index in [0.29, 0.717) is 11.5 Å². The maximum absolute atomic E-state index is 12.6. The first-order valence-electron chi connectivity index (χ1n) is 6.77. The normalized spacial score (nSPS) is 23.3. The molecule has 1 aromatic rings. The second-order valence-electron chi connectivity index (χ2n) is 5.56. The first kappa shape index (κ1) is 15.8. The van der Waals surface area contributed by atoms with Crippen molar-refractivity contribution in [1.29, 1.82) is 0 Å². The molecule has 0 saturated carbocycles. The Labute approximate surface area is 121 Å². The molecule has 116 valence electrons. The molecule has 2 rings (SSSR count). The minimum absolute atomic E-state index is 0.0726. The fourth-order valence-corrected chi connectivity index (χ4v) is 2.61. The number of carbonyl (C=O) groups is 1. The van der Waals surface area contributed by atoms with Crippen LogP contribution in [0.5, 0.6) is 0 Å². The highest BCUT2D eigenvalue weighted by Crippen LogP contribution is 2.27. The van der Waals surface area contributed by atoms with Gasteiger partial charge in [0.05, 0.1) is 6.04 Å². The van der Waals surface area contributed by atoms with Crippen LogP contribution in [-0.2, 0) is 17.5 Å². The van der Waals surface area contributed by atoms with E-state index in [9.17, 15) is 18.0 Å². The van der Waals surface area contributed by atoms with Crippen molar-refractivity contribution < 1.29 is 18.0 Å². The highest BCUT2D eigenvalue weighted by molar-refractivity contribution is 5.82. The van der Waals surface area contributed by atoms with Gasteiger partial charge in [-0.1, -0.05) is 6.92 Å². The molecule has 2 atom stereocenters. The summed E-state index contributed by atoms with van der Waals surface area (Å²) in [4.78, 5) is 17.3. The topological polar surface area (TPSA) is 45.2 Å². The Bertz CT molecular complexity index is 518. The first-order chi connectivity index (χ1) is 9.77. The molecule has 1 unspecified atom stereocenters. The molecule has 1 aliphatic rings. The van der Waals surface area contributed by atoms with E-state index in [1.807, 2.05) is 11.9 Å². The van der Waals surface area contributed by atoms with E-state index in [-0.39, 0.29) is 18.5 Å². The van der Waals surface area contributed by atoms with Gasteiger partial charge in [-0.2, -0.15) is 13.2 Å². The van der Waals surface area contributed by atoms with Crippen molar-refractivity contribution in [2.75, 3.05) is 13.6 Å². The quantitative estimate of drug-likeness (QED) is 0.929. The van der Waals surface area contributed by atoms with Gasteiger partial charge in [0.1, 0.15) is 5.69 Å². The average molecular weight is 301 g/mol. The summed E-state index contributed by atoms with van der Waals surface area (Å²) in [7, 11) is 1.88. The summed E-state index contributed by atoms with van der Waals surface area (Å²) < 4.78 is 37.7. The van der Waals surface area contributed by atoms with Crippen LogP contribution in [0, 0.1) is 5.92 Å². The summed E-state index contributed by atoms with van der Waals surface area (Å²) in [6.07, 6.45) is -2.60. The molecule has 0 spiro atoms. The molecule has 4 nitrogen and oxygen atoms in total. The molecule has 1 saturated heterocycles. The summed E-state index contributed by atoms with van der Waals surface area (Å²) >= 11 is 0. The summed E-state index contributed by atoms with van der Waals surface area (Å²) in [5.41, 5.74) is -0.555. The van der Waals surface area contributed by atoms with E-state index >= 15 is 0 Å². The standard InChI is InChI=1S/C14H18F3N3O/c1-9-5-11(20(2)8-9)13(21)19-7-10-3-4-18-12(6-10)14(15,16)17/h3-4,6,9,11H,5,7-8H2,1-2H3,(H,19,21)/t9?,11-/m0/s1. The molecule has 0 aliphatic carbocycles. The fourth-order valence-electron chi connectivity index (χ4n) is 2.61. The largest absolute Gasteiger partial charge is 0.433 e. The zero-order valence-corrected chi connectivity index (χ0v) is 11.9. The van der Waals surface area contributed by atoms with Crippen molar-refractivity contribution in [2.45, 2.75) is 32.1 Å². The molecule has 1 aliphatic heterocycles. The Morgan fingerprint density at radius 1 is 1.52 bits per heavy atom. The Balaban J connectivity index is 1.96. The van der Waals surface area contributed by atoms with Crippen molar-refractivity contribution in [1.82, 2.24) is 15.2 Å². The number of nitrogens with zero attached hydrogens (tertiary/aromatic N) is 2. The predicted molar refractivity (Wildman–Crippen MR) is 71.3 cm³/mol. The smallest absolute Gasteiger partial charge is 0.351 e. The van der Waals surface area contributed by atoms with Gasteiger partial charge < -0.3 is 5.32 Å². The van der Waals surface area contributed by atoms with Crippen molar-refractivity contribution in [3.8, 4) is 0 Å². The fraction of sp³-hybridized carbons (Fsp3) is 0.571. The number of likely N-dealkylation sites (tertiary alicyclic amines) is 1. The van der Waals surface area contributed by atoms with E-state index in [1.54, 1.807) is 0 Å². The number of likely N-dealkylation sites (N-methyl/N-ethyl adjacent to an activating group) is 1. The number of halogens is 3. The molecule has 0 aromatic carbocycles. The van der Waals surface area contributed by atoms with Crippen LogP contribution in [-0.4, -0.2) is 35.4 Å². The average Bonchev–Trinajstić information content (AvgIpc) is 2.74. The van der Waals surface area contributed by atoms with Crippen molar-refractivity contribution in [3.05, 3.63) is 29.6 Å². The summed E-state index contributed by atoms with van der Waals surface area (Å²) in [6, 6.07) is 2.22. The van der Waals surface area contributed by atoms with Crippen LogP contribution in [0.25, 0.3) is 0 Å². The highest BCUT2D eigenvalue weighted by atomic mass is 19.4. The van der Waals surface area contributed by atoms with Gasteiger partial charge >= 0.3 is 6.18 Å². The van der Waals surface area contributed by atoms with Gasteiger partial charge in [0, 0.05) is 19.3 Å². The third kappa shape index (κ3) is 3.93. The van der Waals surface area contributed by atoms with Crippen molar-refractivity contribution in [2.24, 2.45) is 5.92 Å². The maximum atomic E-state index is 12.6. The van der Waals surface area contributed by atoms with Crippen LogP contribution in [0.1, 0.15) is 24.6 Å². The second kappa shape index (κ2) is 6.01. The lowest BCUT2D eigenvalue weighted by molar-refractivity contribution is -0.141. The van der Waals surface area contributed by atoms with E-state index in [0.717, 1.165) is 25.2 Å². The van der Waals surface area contributed by atoms with Gasteiger partial charge in [-0.15, -0.1) is 0 Å². The van der Waals surface area contributed by atoms with E-state index in [4.69, 9.17) is 0 Å². The van der Waals surface area contributed by atoms with E-state index in [1.165, 1.54) is 6.07 Å². The third-order valence-corrected chi connectivity index (χ3v) is 3.64. The minimum atomic E-state index is -4.47. The van der Waals surface area contributed by atoms with Crippen LogP contribution >= 0.6 is 0 Å². The molecular formula is C14H18F3N3O. The van der Waals surface area contributed by atoms with Crippen molar-refractivity contribution >= 4 is 5.91 Å². The second-order valence-corrected chi connectivity index (χ2v) is 5.56. The van der Waals surface area contributed by atoms with Gasteiger partial charge in [0.15, 0.2) is 0 Å². The lowest BCUT2D eigenvalue weighted by Gasteiger charge is -2.18. The van der Waals surface area contributed by atoms with Crippen LogP contribution in [0.2, 0.25) is 0 Å². The SMILES string of the molecule is CC1C[C@@H](C(=O)NCc2ccnc(C(F)(F)F)c2)N(C)C1. The number of rotatable bonds is 3. The Morgan fingerprint density at radius 3 is 2.81 bits per heavy atom. The molecule has 1 aromatic heterocycles. The maximum Gasteiger partial charge on any atom is 0.433 e. The Morgan fingerprint density at radius 2 is 2.24 bits per heavy atom. The van der Waals surface area contributed by atoms with Gasteiger partial charge in [0.2, 0.25) is 5.91 Å². The van der Waals surface area contributed by atoms with Crippen LogP contribution in [0.4, 0.5) is 13.2 Å². The molecule has 1 N–H and O–H groups in total. The van der Waals surface area contributed by atoms with Crippen LogP contribution in [0.3, 0.4) is 0 Å². The zero-order chi connectivity index (χ0) is 15.6. The lowest BCUT2D eigenvalue weighted by atomic mass is 10.1. The van der Waals surface area contributed by atoms with Crippen LogP contribution < -0.4 is 5.32 Å². The zero-order valence-electron chi connectivity index (χ0n) is 11.9. The number of hydrogen-bond acceptors (Lipinski definition) is 3. The number of alkyl halides is 3. The molecule has 2 heterocycles.